The third-order valence-electron chi connectivity index (χ3n) is 1.40. The molecule has 0 saturated heterocycles. The van der Waals surface area contributed by atoms with Crippen molar-refractivity contribution in [2.45, 2.75) is 6.10 Å². The van der Waals surface area contributed by atoms with E-state index in [4.69, 9.17) is 10.8 Å². The number of nitrogens with two attached hydrogens (primary N) is 1. The summed E-state index contributed by atoms with van der Waals surface area (Å²) in [5.74, 6) is 0. The summed E-state index contributed by atoms with van der Waals surface area (Å²) in [5.41, 5.74) is 4.91. The Balaban J connectivity index is 2.98. The summed E-state index contributed by atoms with van der Waals surface area (Å²) in [6.07, 6.45) is -0.0262. The van der Waals surface area contributed by atoms with Gasteiger partial charge in [0.15, 0.2) is 0 Å². The summed E-state index contributed by atoms with van der Waals surface area (Å²) in [6, 6.07) is 0. The molecule has 0 aliphatic carbocycles. The Labute approximate surface area is 67.3 Å². The van der Waals surface area contributed by atoms with Crippen molar-refractivity contribution < 1.29 is 10.0 Å². The molecule has 0 saturated carbocycles. The first-order chi connectivity index (χ1) is 5.66. The highest BCUT2D eigenvalue weighted by molar-refractivity contribution is 5.33. The average Bonchev–Trinajstić information content (AvgIpc) is 2.50. The second-order valence-corrected chi connectivity index (χ2v) is 2.18. The van der Waals surface area contributed by atoms with Crippen LogP contribution in [0.5, 0.6) is 0 Å². The highest BCUT2D eigenvalue weighted by Crippen LogP contribution is 2.20. The summed E-state index contributed by atoms with van der Waals surface area (Å²) in [6.45, 7) is -0.0803. The quantitative estimate of drug-likeness (QED) is 0.412. The van der Waals surface area contributed by atoms with E-state index in [1.165, 1.54) is 0 Å². The predicted octanol–water partition coefficient (Wildman–Crippen LogP) is -0.690. The molecule has 12 heavy (non-hydrogen) atoms. The second-order valence-electron chi connectivity index (χ2n) is 2.18. The highest BCUT2D eigenvalue weighted by atomic mass is 16.6. The molecule has 0 spiro atoms. The molecule has 7 heteroatoms. The third kappa shape index (κ3) is 1.41. The van der Waals surface area contributed by atoms with Crippen molar-refractivity contribution >= 4 is 5.69 Å². The smallest absolute Gasteiger partial charge is 0.312 e. The number of nitrogens with one attached hydrogen (secondary N) is 1. The van der Waals surface area contributed by atoms with E-state index >= 15 is 0 Å². The zero-order valence-electron chi connectivity index (χ0n) is 6.10. The molecule has 0 radical (unpaired) electrons. The number of aromatic nitrogens is 2. The van der Waals surface area contributed by atoms with Crippen LogP contribution in [0.1, 0.15) is 11.8 Å². The number of hydrogen-bond donors (Lipinski definition) is 3. The SMILES string of the molecule is NC[C@H](O)c1[nH]ncc1[N+](=O)[O-]. The molecule has 0 fully saturated rings. The monoisotopic (exact) mass is 172 g/mol. The van der Waals surface area contributed by atoms with Crippen molar-refractivity contribution in [3.63, 3.8) is 0 Å². The second kappa shape index (κ2) is 3.28. The van der Waals surface area contributed by atoms with Gasteiger partial charge in [-0.2, -0.15) is 5.10 Å². The van der Waals surface area contributed by atoms with Gasteiger partial charge in [0.2, 0.25) is 0 Å². The van der Waals surface area contributed by atoms with Gasteiger partial charge < -0.3 is 10.8 Å². The van der Waals surface area contributed by atoms with Gasteiger partial charge >= 0.3 is 5.69 Å². The van der Waals surface area contributed by atoms with Crippen LogP contribution in [0.2, 0.25) is 0 Å². The fourth-order valence-electron chi connectivity index (χ4n) is 0.798. The third-order valence-corrected chi connectivity index (χ3v) is 1.40. The maximum atomic E-state index is 10.3. The lowest BCUT2D eigenvalue weighted by atomic mass is 10.2. The summed E-state index contributed by atoms with van der Waals surface area (Å²) in [7, 11) is 0. The number of aromatic amines is 1. The van der Waals surface area contributed by atoms with Crippen LogP contribution in [-0.2, 0) is 0 Å². The molecule has 1 heterocycles. The summed E-state index contributed by atoms with van der Waals surface area (Å²) in [4.78, 5) is 9.67. The van der Waals surface area contributed by atoms with E-state index in [0.717, 1.165) is 6.20 Å². The minimum Gasteiger partial charge on any atom is -0.385 e. The molecule has 66 valence electrons. The van der Waals surface area contributed by atoms with Crippen molar-refractivity contribution in [2.24, 2.45) is 5.73 Å². The Hall–Kier alpha value is -1.47. The molecule has 4 N–H and O–H groups in total. The van der Waals surface area contributed by atoms with Gasteiger partial charge in [-0.1, -0.05) is 0 Å². The Kier molecular flexibility index (Phi) is 2.36. The van der Waals surface area contributed by atoms with Gasteiger partial charge in [0.1, 0.15) is 18.0 Å². The lowest BCUT2D eigenvalue weighted by Crippen LogP contribution is -2.13. The summed E-state index contributed by atoms with van der Waals surface area (Å²) < 4.78 is 0. The Morgan fingerprint density at radius 1 is 1.92 bits per heavy atom. The van der Waals surface area contributed by atoms with Crippen molar-refractivity contribution in [3.8, 4) is 0 Å². The standard InChI is InChI=1S/C5H8N4O3/c6-1-4(10)5-3(9(11)12)2-7-8-5/h2,4,10H,1,6H2,(H,7,8)/t4-/m0/s1. The number of aliphatic hydroxyl groups excluding tert-OH is 1. The topological polar surface area (TPSA) is 118 Å². The van der Waals surface area contributed by atoms with E-state index in [1.54, 1.807) is 0 Å². The first kappa shape index (κ1) is 8.62. The van der Waals surface area contributed by atoms with Crippen LogP contribution < -0.4 is 5.73 Å². The zero-order chi connectivity index (χ0) is 9.14. The molecular weight excluding hydrogens is 164 g/mol. The fraction of sp³-hybridized carbons (Fsp3) is 0.400. The van der Waals surface area contributed by atoms with Crippen molar-refractivity contribution in [1.29, 1.82) is 0 Å². The van der Waals surface area contributed by atoms with Gasteiger partial charge in [-0.05, 0) is 0 Å². The van der Waals surface area contributed by atoms with E-state index in [9.17, 15) is 10.1 Å². The van der Waals surface area contributed by atoms with Crippen LogP contribution in [0.15, 0.2) is 6.20 Å². The van der Waals surface area contributed by atoms with Crippen LogP contribution >= 0.6 is 0 Å². The van der Waals surface area contributed by atoms with Gasteiger partial charge in [-0.3, -0.25) is 15.2 Å². The van der Waals surface area contributed by atoms with Gasteiger partial charge in [0.25, 0.3) is 0 Å². The molecule has 0 unspecified atom stereocenters. The van der Waals surface area contributed by atoms with Crippen LogP contribution in [0.3, 0.4) is 0 Å². The van der Waals surface area contributed by atoms with Crippen LogP contribution in [0.4, 0.5) is 5.69 Å². The molecule has 0 aliphatic rings. The normalized spacial score (nSPS) is 12.8. The Bertz CT molecular complexity index is 284. The molecule has 0 amide bonds. The highest BCUT2D eigenvalue weighted by Gasteiger charge is 2.21. The molecule has 1 atom stereocenters. The van der Waals surface area contributed by atoms with E-state index < -0.39 is 11.0 Å². The Morgan fingerprint density at radius 3 is 3.08 bits per heavy atom. The first-order valence-corrected chi connectivity index (χ1v) is 3.22. The number of H-pyrrole nitrogens is 1. The molecule has 0 bridgehead atoms. The van der Waals surface area contributed by atoms with Gasteiger partial charge in [0.05, 0.1) is 4.92 Å². The summed E-state index contributed by atoms with van der Waals surface area (Å²) in [5, 5.41) is 25.2. The lowest BCUT2D eigenvalue weighted by Gasteiger charge is -2.02. The summed E-state index contributed by atoms with van der Waals surface area (Å²) >= 11 is 0. The molecule has 0 aromatic carbocycles. The zero-order valence-corrected chi connectivity index (χ0v) is 6.10. The van der Waals surface area contributed by atoms with Crippen LogP contribution in [-0.4, -0.2) is 26.8 Å². The number of rotatable bonds is 3. The number of aliphatic hydroxyl groups is 1. The average molecular weight is 172 g/mol. The van der Waals surface area contributed by atoms with Gasteiger partial charge in [-0.15, -0.1) is 0 Å². The van der Waals surface area contributed by atoms with E-state index in [1.807, 2.05) is 0 Å². The van der Waals surface area contributed by atoms with E-state index in [2.05, 4.69) is 10.2 Å². The lowest BCUT2D eigenvalue weighted by molar-refractivity contribution is -0.386. The number of hydrogen-bond acceptors (Lipinski definition) is 5. The maximum Gasteiger partial charge on any atom is 0.312 e. The fourth-order valence-corrected chi connectivity index (χ4v) is 0.798. The van der Waals surface area contributed by atoms with Crippen molar-refractivity contribution in [1.82, 2.24) is 10.2 Å². The molecule has 1 aromatic heterocycles. The molecule has 1 aromatic rings. The van der Waals surface area contributed by atoms with Crippen molar-refractivity contribution in [2.75, 3.05) is 6.54 Å². The molecule has 1 rings (SSSR count). The molecular formula is C5H8N4O3. The van der Waals surface area contributed by atoms with E-state index in [-0.39, 0.29) is 17.9 Å². The number of nitro groups is 1. The minimum atomic E-state index is -1.06. The molecule has 0 aliphatic heterocycles. The largest absolute Gasteiger partial charge is 0.385 e. The van der Waals surface area contributed by atoms with Gasteiger partial charge in [-0.25, -0.2) is 0 Å². The minimum absolute atomic E-state index is 0.0440. The van der Waals surface area contributed by atoms with Crippen LogP contribution in [0.25, 0.3) is 0 Å². The Morgan fingerprint density at radius 2 is 2.58 bits per heavy atom. The predicted molar refractivity (Wildman–Crippen MR) is 39.3 cm³/mol. The number of nitrogens with zero attached hydrogens (tertiary/aromatic N) is 2. The van der Waals surface area contributed by atoms with Crippen LogP contribution in [0, 0.1) is 10.1 Å². The van der Waals surface area contributed by atoms with Gasteiger partial charge in [0, 0.05) is 6.54 Å². The van der Waals surface area contributed by atoms with Crippen molar-refractivity contribution in [3.05, 3.63) is 22.0 Å². The molecule has 7 nitrogen and oxygen atoms in total. The first-order valence-electron chi connectivity index (χ1n) is 3.22. The maximum absolute atomic E-state index is 10.3. The van der Waals surface area contributed by atoms with E-state index in [0.29, 0.717) is 0 Å².